The Hall–Kier alpha value is -2.16. The summed E-state index contributed by atoms with van der Waals surface area (Å²) >= 11 is 0. The van der Waals surface area contributed by atoms with E-state index in [9.17, 15) is 0 Å². The van der Waals surface area contributed by atoms with Crippen molar-refractivity contribution in [1.29, 1.82) is 0 Å². The van der Waals surface area contributed by atoms with E-state index in [1.54, 1.807) is 14.2 Å². The van der Waals surface area contributed by atoms with Gasteiger partial charge in [0.25, 0.3) is 0 Å². The highest BCUT2D eigenvalue weighted by molar-refractivity contribution is 5.42. The van der Waals surface area contributed by atoms with E-state index in [2.05, 4.69) is 6.07 Å². The quantitative estimate of drug-likeness (QED) is 0.795. The van der Waals surface area contributed by atoms with Crippen molar-refractivity contribution in [3.63, 3.8) is 0 Å². The number of hydrogen-bond donors (Lipinski definition) is 0. The van der Waals surface area contributed by atoms with Gasteiger partial charge in [-0.15, -0.1) is 0 Å². The molecule has 0 atom stereocenters. The first kappa shape index (κ1) is 13.3. The highest BCUT2D eigenvalue weighted by atomic mass is 16.5. The van der Waals surface area contributed by atoms with Gasteiger partial charge in [-0.3, -0.25) is 0 Å². The first-order chi connectivity index (χ1) is 9.33. The smallest absolute Gasteiger partial charge is 0.160 e. The average molecular weight is 257 g/mol. The van der Waals surface area contributed by atoms with Crippen LogP contribution in [-0.2, 0) is 6.42 Å². The molecule has 0 N–H and O–H groups in total. The highest BCUT2D eigenvalue weighted by Crippen LogP contribution is 2.27. The van der Waals surface area contributed by atoms with Crippen LogP contribution in [0.3, 0.4) is 0 Å². The van der Waals surface area contributed by atoms with Crippen molar-refractivity contribution in [3.8, 4) is 17.2 Å². The van der Waals surface area contributed by atoms with Gasteiger partial charge in [-0.1, -0.05) is 18.2 Å². The SMILES string of the molecule is COc1ccc(CCOc2cc[c]cc2)cc1OC. The molecule has 2 aromatic rings. The number of ether oxygens (including phenoxy) is 3. The Balaban J connectivity index is 1.93. The maximum absolute atomic E-state index is 5.65. The molecule has 19 heavy (non-hydrogen) atoms. The van der Waals surface area contributed by atoms with Crippen LogP contribution in [0.1, 0.15) is 5.56 Å². The van der Waals surface area contributed by atoms with Crippen molar-refractivity contribution in [3.05, 3.63) is 54.1 Å². The molecule has 3 nitrogen and oxygen atoms in total. The maximum Gasteiger partial charge on any atom is 0.160 e. The van der Waals surface area contributed by atoms with Crippen LogP contribution in [0.2, 0.25) is 0 Å². The fourth-order valence-electron chi connectivity index (χ4n) is 1.79. The third-order valence-electron chi connectivity index (χ3n) is 2.80. The highest BCUT2D eigenvalue weighted by Gasteiger charge is 2.04. The molecule has 0 fully saturated rings. The van der Waals surface area contributed by atoms with Gasteiger partial charge in [0.15, 0.2) is 11.5 Å². The van der Waals surface area contributed by atoms with E-state index in [1.807, 2.05) is 42.5 Å². The fourth-order valence-corrected chi connectivity index (χ4v) is 1.79. The zero-order valence-corrected chi connectivity index (χ0v) is 11.2. The van der Waals surface area contributed by atoms with Gasteiger partial charge in [0.2, 0.25) is 0 Å². The zero-order chi connectivity index (χ0) is 13.5. The standard InChI is InChI=1S/C16H17O3/c1-17-15-9-8-13(12-16(15)18-2)10-11-19-14-6-4-3-5-7-14/h4-9,12H,10-11H2,1-2H3. The molecular weight excluding hydrogens is 240 g/mol. The van der Waals surface area contributed by atoms with Gasteiger partial charge in [0, 0.05) is 6.42 Å². The fraction of sp³-hybridized carbons (Fsp3) is 0.250. The maximum atomic E-state index is 5.65. The molecule has 0 amide bonds. The number of benzene rings is 2. The van der Waals surface area contributed by atoms with E-state index in [-0.39, 0.29) is 0 Å². The number of hydrogen-bond acceptors (Lipinski definition) is 3. The van der Waals surface area contributed by atoms with Gasteiger partial charge in [0.05, 0.1) is 20.8 Å². The molecule has 0 bridgehead atoms. The molecule has 0 aliphatic carbocycles. The molecule has 0 aliphatic rings. The van der Waals surface area contributed by atoms with Crippen molar-refractivity contribution < 1.29 is 14.2 Å². The Morgan fingerprint density at radius 3 is 2.37 bits per heavy atom. The van der Waals surface area contributed by atoms with Crippen LogP contribution in [-0.4, -0.2) is 20.8 Å². The Morgan fingerprint density at radius 2 is 1.68 bits per heavy atom. The largest absolute Gasteiger partial charge is 0.493 e. The minimum Gasteiger partial charge on any atom is -0.493 e. The molecule has 0 saturated heterocycles. The normalized spacial score (nSPS) is 10.0. The summed E-state index contributed by atoms with van der Waals surface area (Å²) in [7, 11) is 3.27. The number of rotatable bonds is 6. The van der Waals surface area contributed by atoms with Crippen molar-refractivity contribution in [2.75, 3.05) is 20.8 Å². The molecule has 2 rings (SSSR count). The minimum absolute atomic E-state index is 0.625. The predicted molar refractivity (Wildman–Crippen MR) is 74.0 cm³/mol. The van der Waals surface area contributed by atoms with Gasteiger partial charge in [-0.2, -0.15) is 0 Å². The molecule has 0 aromatic heterocycles. The lowest BCUT2D eigenvalue weighted by molar-refractivity contribution is 0.321. The molecule has 0 spiro atoms. The molecule has 0 aliphatic heterocycles. The second-order valence-electron chi connectivity index (χ2n) is 4.02. The molecule has 0 heterocycles. The van der Waals surface area contributed by atoms with Crippen LogP contribution in [0.4, 0.5) is 0 Å². The van der Waals surface area contributed by atoms with Gasteiger partial charge >= 0.3 is 0 Å². The summed E-state index contributed by atoms with van der Waals surface area (Å²) in [6, 6.07) is 16.3. The Bertz CT molecular complexity index is 509. The molecule has 1 radical (unpaired) electrons. The van der Waals surface area contributed by atoms with Crippen LogP contribution < -0.4 is 14.2 Å². The van der Waals surface area contributed by atoms with Crippen molar-refractivity contribution >= 4 is 0 Å². The lowest BCUT2D eigenvalue weighted by atomic mass is 10.1. The molecule has 2 aromatic carbocycles. The third kappa shape index (κ3) is 3.65. The van der Waals surface area contributed by atoms with Crippen LogP contribution in [0.5, 0.6) is 17.2 Å². The molecule has 0 saturated carbocycles. The van der Waals surface area contributed by atoms with E-state index in [0.29, 0.717) is 6.61 Å². The summed E-state index contributed by atoms with van der Waals surface area (Å²) in [6.45, 7) is 0.625. The third-order valence-corrected chi connectivity index (χ3v) is 2.80. The lowest BCUT2D eigenvalue weighted by Crippen LogP contribution is -2.01. The van der Waals surface area contributed by atoms with Gasteiger partial charge in [0.1, 0.15) is 5.75 Å². The monoisotopic (exact) mass is 257 g/mol. The summed E-state index contributed by atoms with van der Waals surface area (Å²) in [4.78, 5) is 0. The van der Waals surface area contributed by atoms with Crippen LogP contribution in [0, 0.1) is 6.07 Å². The van der Waals surface area contributed by atoms with E-state index in [0.717, 1.165) is 29.2 Å². The van der Waals surface area contributed by atoms with Gasteiger partial charge < -0.3 is 14.2 Å². The van der Waals surface area contributed by atoms with Crippen molar-refractivity contribution in [2.45, 2.75) is 6.42 Å². The van der Waals surface area contributed by atoms with Gasteiger partial charge in [-0.05, 0) is 35.9 Å². The first-order valence-corrected chi connectivity index (χ1v) is 6.13. The van der Waals surface area contributed by atoms with E-state index in [4.69, 9.17) is 14.2 Å². The van der Waals surface area contributed by atoms with E-state index in [1.165, 1.54) is 0 Å². The summed E-state index contributed by atoms with van der Waals surface area (Å²) in [6.07, 6.45) is 0.818. The topological polar surface area (TPSA) is 27.7 Å². The molecular formula is C16H17O3. The van der Waals surface area contributed by atoms with Crippen molar-refractivity contribution in [2.24, 2.45) is 0 Å². The summed E-state index contributed by atoms with van der Waals surface area (Å²) < 4.78 is 16.1. The predicted octanol–water partition coefficient (Wildman–Crippen LogP) is 3.13. The Kier molecular flexibility index (Phi) is 4.67. The van der Waals surface area contributed by atoms with Crippen molar-refractivity contribution in [1.82, 2.24) is 0 Å². The van der Waals surface area contributed by atoms with Crippen LogP contribution in [0.15, 0.2) is 42.5 Å². The molecule has 99 valence electrons. The lowest BCUT2D eigenvalue weighted by Gasteiger charge is -2.10. The molecule has 3 heteroatoms. The second-order valence-corrected chi connectivity index (χ2v) is 4.02. The average Bonchev–Trinajstić information content (AvgIpc) is 2.48. The summed E-state index contributed by atoms with van der Waals surface area (Å²) in [5.41, 5.74) is 1.15. The van der Waals surface area contributed by atoms with E-state index >= 15 is 0 Å². The van der Waals surface area contributed by atoms with Crippen LogP contribution >= 0.6 is 0 Å². The van der Waals surface area contributed by atoms with Gasteiger partial charge in [-0.25, -0.2) is 0 Å². The summed E-state index contributed by atoms with van der Waals surface area (Å²) in [5, 5.41) is 0. The summed E-state index contributed by atoms with van der Waals surface area (Å²) in [5.74, 6) is 2.35. The minimum atomic E-state index is 0.625. The second kappa shape index (κ2) is 6.69. The Morgan fingerprint density at radius 1 is 0.947 bits per heavy atom. The zero-order valence-electron chi connectivity index (χ0n) is 11.2. The first-order valence-electron chi connectivity index (χ1n) is 6.13. The number of methoxy groups -OCH3 is 2. The molecule has 0 unspecified atom stereocenters. The van der Waals surface area contributed by atoms with E-state index < -0.39 is 0 Å². The Labute approximate surface area is 113 Å². The van der Waals surface area contributed by atoms with Crippen LogP contribution in [0.25, 0.3) is 0 Å².